The molecule has 3 heterocycles. The fourth-order valence-electron chi connectivity index (χ4n) is 2.92. The Balaban J connectivity index is 1.46. The summed E-state index contributed by atoms with van der Waals surface area (Å²) in [6.45, 7) is 3.86. The smallest absolute Gasteiger partial charge is 0.275 e. The Bertz CT molecular complexity index is 736. The monoisotopic (exact) mass is 335 g/mol. The van der Waals surface area contributed by atoms with Crippen LogP contribution in [0.25, 0.3) is 0 Å². The molecule has 2 fully saturated rings. The number of likely N-dealkylation sites (tertiary alicyclic amines) is 1. The van der Waals surface area contributed by atoms with Crippen LogP contribution in [-0.2, 0) is 6.54 Å². The summed E-state index contributed by atoms with van der Waals surface area (Å²) in [5, 5.41) is 8.70. The minimum atomic E-state index is -0.133. The van der Waals surface area contributed by atoms with Crippen LogP contribution in [0.1, 0.15) is 60.2 Å². The summed E-state index contributed by atoms with van der Waals surface area (Å²) < 4.78 is 7.05. The first-order valence-electron chi connectivity index (χ1n) is 8.01. The van der Waals surface area contributed by atoms with Gasteiger partial charge in [0.2, 0.25) is 5.89 Å². The number of hydrogen-bond donors (Lipinski definition) is 0. The highest BCUT2D eigenvalue weighted by Gasteiger charge is 2.35. The van der Waals surface area contributed by atoms with Crippen LogP contribution in [0.2, 0.25) is 5.02 Å². The van der Waals surface area contributed by atoms with Gasteiger partial charge in [-0.2, -0.15) is 10.1 Å². The Kier molecular flexibility index (Phi) is 3.60. The van der Waals surface area contributed by atoms with Crippen molar-refractivity contribution in [3.8, 4) is 0 Å². The molecule has 0 bridgehead atoms. The number of nitrogens with zero attached hydrogens (tertiary/aromatic N) is 5. The quantitative estimate of drug-likeness (QED) is 0.857. The van der Waals surface area contributed by atoms with Gasteiger partial charge in [0.05, 0.1) is 10.9 Å². The third-order valence-corrected chi connectivity index (χ3v) is 4.74. The Morgan fingerprint density at radius 2 is 2.22 bits per heavy atom. The van der Waals surface area contributed by atoms with E-state index in [4.69, 9.17) is 16.1 Å². The van der Waals surface area contributed by atoms with Gasteiger partial charge < -0.3 is 9.42 Å². The van der Waals surface area contributed by atoms with Crippen LogP contribution in [0, 0.1) is 0 Å². The maximum absolute atomic E-state index is 12.6. The molecule has 2 aromatic heterocycles. The third kappa shape index (κ3) is 2.73. The van der Waals surface area contributed by atoms with E-state index in [0.29, 0.717) is 42.2 Å². The molecule has 1 amide bonds. The SMILES string of the molecule is CCn1cc(Cl)c(C(=O)N2CCC(c3nc(C4CC4)no3)C2)n1. The lowest BCUT2D eigenvalue weighted by Gasteiger charge is -2.14. The highest BCUT2D eigenvalue weighted by atomic mass is 35.5. The Morgan fingerprint density at radius 3 is 2.91 bits per heavy atom. The van der Waals surface area contributed by atoms with Crippen molar-refractivity contribution < 1.29 is 9.32 Å². The van der Waals surface area contributed by atoms with Crippen LogP contribution in [0.3, 0.4) is 0 Å². The minimum Gasteiger partial charge on any atom is -0.339 e. The summed E-state index contributed by atoms with van der Waals surface area (Å²) in [5.74, 6) is 1.91. The lowest BCUT2D eigenvalue weighted by atomic mass is 10.1. The predicted molar refractivity (Wildman–Crippen MR) is 82.4 cm³/mol. The van der Waals surface area contributed by atoms with Crippen molar-refractivity contribution in [2.24, 2.45) is 0 Å². The maximum atomic E-state index is 12.6. The molecule has 1 saturated carbocycles. The zero-order valence-corrected chi connectivity index (χ0v) is 13.7. The molecular weight excluding hydrogens is 318 g/mol. The van der Waals surface area contributed by atoms with Crippen LogP contribution in [-0.4, -0.2) is 43.8 Å². The maximum Gasteiger partial charge on any atom is 0.275 e. The van der Waals surface area contributed by atoms with Gasteiger partial charge in [0.1, 0.15) is 0 Å². The van der Waals surface area contributed by atoms with Gasteiger partial charge >= 0.3 is 0 Å². The molecule has 1 aliphatic carbocycles. The molecule has 2 aromatic rings. The van der Waals surface area contributed by atoms with Gasteiger partial charge in [0, 0.05) is 31.7 Å². The molecule has 1 atom stereocenters. The summed E-state index contributed by atoms with van der Waals surface area (Å²) in [5.41, 5.74) is 0.318. The minimum absolute atomic E-state index is 0.103. The second-order valence-corrected chi connectivity index (χ2v) is 6.59. The Morgan fingerprint density at radius 1 is 1.39 bits per heavy atom. The van der Waals surface area contributed by atoms with Crippen molar-refractivity contribution in [3.05, 3.63) is 28.6 Å². The molecule has 2 aliphatic rings. The van der Waals surface area contributed by atoms with E-state index < -0.39 is 0 Å². The zero-order chi connectivity index (χ0) is 16.0. The van der Waals surface area contributed by atoms with Gasteiger partial charge in [0.25, 0.3) is 5.91 Å². The fraction of sp³-hybridized carbons (Fsp3) is 0.600. The molecule has 1 aliphatic heterocycles. The zero-order valence-electron chi connectivity index (χ0n) is 12.9. The van der Waals surface area contributed by atoms with Crippen molar-refractivity contribution in [2.75, 3.05) is 13.1 Å². The number of carbonyl (C=O) groups excluding carboxylic acids is 1. The molecule has 0 N–H and O–H groups in total. The molecule has 0 aromatic carbocycles. The summed E-state index contributed by atoms with van der Waals surface area (Å²) >= 11 is 6.12. The summed E-state index contributed by atoms with van der Waals surface area (Å²) in [7, 11) is 0. The van der Waals surface area contributed by atoms with E-state index in [1.165, 1.54) is 0 Å². The summed E-state index contributed by atoms with van der Waals surface area (Å²) in [6.07, 6.45) is 4.80. The van der Waals surface area contributed by atoms with Crippen molar-refractivity contribution in [1.82, 2.24) is 24.8 Å². The van der Waals surface area contributed by atoms with Gasteiger partial charge in [-0.25, -0.2) is 0 Å². The number of halogens is 1. The van der Waals surface area contributed by atoms with Gasteiger partial charge in [0.15, 0.2) is 11.5 Å². The standard InChI is InChI=1S/C15H18ClN5O2/c1-2-21-8-11(16)12(18-21)15(22)20-6-5-10(7-20)14-17-13(19-23-14)9-3-4-9/h8-10H,2-7H2,1H3. The number of rotatable bonds is 4. The van der Waals surface area contributed by atoms with E-state index in [-0.39, 0.29) is 11.8 Å². The predicted octanol–water partition coefficient (Wildman–Crippen LogP) is 2.45. The van der Waals surface area contributed by atoms with Gasteiger partial charge in [-0.05, 0) is 26.2 Å². The number of aromatic nitrogens is 4. The first kappa shape index (κ1) is 14.7. The highest BCUT2D eigenvalue weighted by molar-refractivity contribution is 6.33. The van der Waals surface area contributed by atoms with Crippen molar-refractivity contribution in [3.63, 3.8) is 0 Å². The van der Waals surface area contributed by atoms with Crippen molar-refractivity contribution in [2.45, 2.75) is 44.6 Å². The lowest BCUT2D eigenvalue weighted by molar-refractivity contribution is 0.0783. The van der Waals surface area contributed by atoms with E-state index in [1.807, 2.05) is 6.92 Å². The van der Waals surface area contributed by atoms with Crippen LogP contribution in [0.4, 0.5) is 0 Å². The van der Waals surface area contributed by atoms with Crippen molar-refractivity contribution in [1.29, 1.82) is 0 Å². The molecule has 4 rings (SSSR count). The molecule has 0 radical (unpaired) electrons. The van der Waals surface area contributed by atoms with Crippen LogP contribution < -0.4 is 0 Å². The molecule has 122 valence electrons. The first-order valence-corrected chi connectivity index (χ1v) is 8.39. The van der Waals surface area contributed by atoms with E-state index in [1.54, 1.807) is 15.8 Å². The van der Waals surface area contributed by atoms with E-state index >= 15 is 0 Å². The Hall–Kier alpha value is -1.89. The second-order valence-electron chi connectivity index (χ2n) is 6.18. The summed E-state index contributed by atoms with van der Waals surface area (Å²) in [6, 6.07) is 0. The highest BCUT2D eigenvalue weighted by Crippen LogP contribution is 2.39. The average Bonchev–Trinajstić information content (AvgIpc) is 2.99. The number of amides is 1. The van der Waals surface area contributed by atoms with E-state index in [2.05, 4.69) is 15.2 Å². The molecule has 1 unspecified atom stereocenters. The topological polar surface area (TPSA) is 77.0 Å². The Labute approximate surface area is 138 Å². The van der Waals surface area contributed by atoms with Crippen LogP contribution in [0.15, 0.2) is 10.7 Å². The molecular formula is C15H18ClN5O2. The van der Waals surface area contributed by atoms with Gasteiger partial charge in [-0.1, -0.05) is 16.8 Å². The second kappa shape index (κ2) is 5.63. The largest absolute Gasteiger partial charge is 0.339 e. The molecule has 0 spiro atoms. The average molecular weight is 336 g/mol. The van der Waals surface area contributed by atoms with Gasteiger partial charge in [-0.3, -0.25) is 9.48 Å². The van der Waals surface area contributed by atoms with Crippen molar-refractivity contribution >= 4 is 17.5 Å². The molecule has 8 heteroatoms. The number of aryl methyl sites for hydroxylation is 1. The normalized spacial score (nSPS) is 21.1. The van der Waals surface area contributed by atoms with E-state index in [0.717, 1.165) is 25.1 Å². The fourth-order valence-corrected chi connectivity index (χ4v) is 3.15. The van der Waals surface area contributed by atoms with E-state index in [9.17, 15) is 4.79 Å². The molecule has 23 heavy (non-hydrogen) atoms. The number of carbonyl (C=O) groups is 1. The molecule has 7 nitrogen and oxygen atoms in total. The lowest BCUT2D eigenvalue weighted by Crippen LogP contribution is -2.29. The molecule has 1 saturated heterocycles. The van der Waals surface area contributed by atoms with Crippen LogP contribution in [0.5, 0.6) is 0 Å². The third-order valence-electron chi connectivity index (χ3n) is 4.47. The van der Waals surface area contributed by atoms with Gasteiger partial charge in [-0.15, -0.1) is 0 Å². The number of hydrogen-bond acceptors (Lipinski definition) is 5. The first-order chi connectivity index (χ1) is 11.2. The van der Waals surface area contributed by atoms with Crippen LogP contribution >= 0.6 is 11.6 Å². The summed E-state index contributed by atoms with van der Waals surface area (Å²) in [4.78, 5) is 18.9.